The minimum Gasteiger partial charge on any atom is -0.388 e. The Kier molecular flexibility index (Phi) is 3.65. The number of carbonyl (C=O) groups excluding carboxylic acids is 1. The Labute approximate surface area is 69.7 Å². The molecule has 12 heavy (non-hydrogen) atoms. The molecule has 0 radical (unpaired) electrons. The topological polar surface area (TPSA) is 133 Å². The fraction of sp³-hybridized carbons (Fsp3) is 0.667. The Morgan fingerprint density at radius 3 is 2.25 bits per heavy atom. The average Bonchev–Trinajstić information content (AvgIpc) is 1.85. The van der Waals surface area contributed by atoms with Crippen molar-refractivity contribution in [2.75, 3.05) is 0 Å². The second kappa shape index (κ2) is 4.03. The lowest BCUT2D eigenvalue weighted by Crippen LogP contribution is -2.43. The molecule has 0 aromatic carbocycles. The number of nitrogens with one attached hydrogen (secondary N) is 1. The zero-order chi connectivity index (χ0) is 9.78. The molecule has 0 heterocycles. The number of hydrogen-bond acceptors (Lipinski definition) is 4. The molecule has 0 aliphatic rings. The molecule has 7 N–H and O–H groups in total. The number of primary amides is 1. The van der Waals surface area contributed by atoms with E-state index in [4.69, 9.17) is 21.4 Å². The summed E-state index contributed by atoms with van der Waals surface area (Å²) in [5.41, 5.74) is 9.66. The van der Waals surface area contributed by atoms with E-state index in [1.165, 1.54) is 0 Å². The predicted octanol–water partition coefficient (Wildman–Crippen LogP) is -1.74. The molecule has 0 saturated heterocycles. The first-order chi connectivity index (χ1) is 5.36. The zero-order valence-corrected chi connectivity index (χ0v) is 6.58. The molecule has 0 aromatic heterocycles. The molecule has 0 aliphatic carbocycles. The van der Waals surface area contributed by atoms with Crippen LogP contribution in [0.3, 0.4) is 0 Å². The molecule has 1 amide bonds. The van der Waals surface area contributed by atoms with Gasteiger partial charge in [-0.25, -0.2) is 0 Å². The summed E-state index contributed by atoms with van der Waals surface area (Å²) in [6.45, 7) is 0. The SMILES string of the molecule is N=C(N)CCCC(O)(O)C(N)=O. The van der Waals surface area contributed by atoms with E-state index in [1.807, 2.05) is 0 Å². The lowest BCUT2D eigenvalue weighted by atomic mass is 10.1. The normalized spacial score (nSPS) is 11.2. The van der Waals surface area contributed by atoms with Crippen molar-refractivity contribution < 1.29 is 15.0 Å². The van der Waals surface area contributed by atoms with Gasteiger partial charge in [0.2, 0.25) is 5.79 Å². The van der Waals surface area contributed by atoms with Crippen LogP contribution in [0.1, 0.15) is 19.3 Å². The van der Waals surface area contributed by atoms with E-state index < -0.39 is 11.7 Å². The van der Waals surface area contributed by atoms with Gasteiger partial charge in [-0.15, -0.1) is 0 Å². The maximum Gasteiger partial charge on any atom is 0.277 e. The van der Waals surface area contributed by atoms with Crippen molar-refractivity contribution in [3.05, 3.63) is 0 Å². The van der Waals surface area contributed by atoms with Gasteiger partial charge in [0, 0.05) is 12.8 Å². The smallest absolute Gasteiger partial charge is 0.277 e. The Balaban J connectivity index is 3.76. The number of aliphatic hydroxyl groups is 2. The molecule has 0 aliphatic heterocycles. The third-order valence-corrected chi connectivity index (χ3v) is 1.37. The molecule has 0 atom stereocenters. The van der Waals surface area contributed by atoms with Crippen LogP contribution < -0.4 is 11.5 Å². The van der Waals surface area contributed by atoms with Gasteiger partial charge in [-0.1, -0.05) is 0 Å². The number of amides is 1. The first kappa shape index (κ1) is 10.9. The van der Waals surface area contributed by atoms with Crippen LogP contribution in [-0.4, -0.2) is 27.7 Å². The first-order valence-corrected chi connectivity index (χ1v) is 3.44. The molecule has 0 bridgehead atoms. The van der Waals surface area contributed by atoms with Crippen LogP contribution in [0.4, 0.5) is 0 Å². The van der Waals surface area contributed by atoms with Gasteiger partial charge in [-0.05, 0) is 6.42 Å². The number of nitrogens with two attached hydrogens (primary N) is 2. The summed E-state index contributed by atoms with van der Waals surface area (Å²) in [5.74, 6) is -3.73. The molecule has 0 rings (SSSR count). The van der Waals surface area contributed by atoms with Crippen molar-refractivity contribution >= 4 is 11.7 Å². The van der Waals surface area contributed by atoms with E-state index in [0.29, 0.717) is 0 Å². The van der Waals surface area contributed by atoms with Gasteiger partial charge in [0.25, 0.3) is 5.91 Å². The van der Waals surface area contributed by atoms with E-state index in [9.17, 15) is 4.79 Å². The maximum atomic E-state index is 10.3. The van der Waals surface area contributed by atoms with Crippen LogP contribution in [0.15, 0.2) is 0 Å². The van der Waals surface area contributed by atoms with Crippen molar-refractivity contribution in [2.45, 2.75) is 25.0 Å². The number of amidine groups is 1. The predicted molar refractivity (Wildman–Crippen MR) is 42.1 cm³/mol. The van der Waals surface area contributed by atoms with E-state index in [0.717, 1.165) is 0 Å². The minimum absolute atomic E-state index is 0.0599. The van der Waals surface area contributed by atoms with E-state index in [1.54, 1.807) is 0 Å². The third-order valence-electron chi connectivity index (χ3n) is 1.37. The summed E-state index contributed by atoms with van der Waals surface area (Å²) in [7, 11) is 0. The Morgan fingerprint density at radius 1 is 1.42 bits per heavy atom. The molecule has 6 nitrogen and oxygen atoms in total. The molecule has 0 fully saturated rings. The van der Waals surface area contributed by atoms with Crippen molar-refractivity contribution in [1.82, 2.24) is 0 Å². The van der Waals surface area contributed by atoms with Crippen LogP contribution in [0.25, 0.3) is 0 Å². The standard InChI is InChI=1S/C6H13N3O3/c7-4(8)2-1-3-6(11,12)5(9)10/h11-12H,1-3H2,(H3,7,8)(H2,9,10). The minimum atomic E-state index is -2.48. The highest BCUT2D eigenvalue weighted by atomic mass is 16.5. The number of hydrogen-bond donors (Lipinski definition) is 5. The summed E-state index contributed by atoms with van der Waals surface area (Å²) in [6.07, 6.45) is 0.253. The highest BCUT2D eigenvalue weighted by molar-refractivity contribution is 5.81. The largest absolute Gasteiger partial charge is 0.388 e. The summed E-state index contributed by atoms with van der Waals surface area (Å²) < 4.78 is 0. The van der Waals surface area contributed by atoms with Crippen molar-refractivity contribution in [3.63, 3.8) is 0 Å². The zero-order valence-electron chi connectivity index (χ0n) is 6.58. The molecule has 0 saturated carbocycles. The van der Waals surface area contributed by atoms with E-state index in [2.05, 4.69) is 5.73 Å². The fourth-order valence-electron chi connectivity index (χ4n) is 0.649. The molecule has 6 heteroatoms. The Hall–Kier alpha value is -1.14. The van der Waals surface area contributed by atoms with Gasteiger partial charge in [-0.3, -0.25) is 10.2 Å². The summed E-state index contributed by atoms with van der Waals surface area (Å²) in [6, 6.07) is 0. The third kappa shape index (κ3) is 3.89. The average molecular weight is 175 g/mol. The first-order valence-electron chi connectivity index (χ1n) is 3.44. The van der Waals surface area contributed by atoms with E-state index >= 15 is 0 Å². The summed E-state index contributed by atoms with van der Waals surface area (Å²) in [5, 5.41) is 24.6. The van der Waals surface area contributed by atoms with Gasteiger partial charge in [-0.2, -0.15) is 0 Å². The van der Waals surface area contributed by atoms with Crippen molar-refractivity contribution in [3.8, 4) is 0 Å². The fourth-order valence-corrected chi connectivity index (χ4v) is 0.649. The van der Waals surface area contributed by atoms with Gasteiger partial charge >= 0.3 is 0 Å². The monoisotopic (exact) mass is 175 g/mol. The van der Waals surface area contributed by atoms with Crippen LogP contribution in [0.5, 0.6) is 0 Å². The molecular formula is C6H13N3O3. The summed E-state index contributed by atoms with van der Waals surface area (Å²) >= 11 is 0. The van der Waals surface area contributed by atoms with Gasteiger partial charge in [0.1, 0.15) is 0 Å². The Bertz CT molecular complexity index is 190. The molecule has 0 unspecified atom stereocenters. The lowest BCUT2D eigenvalue weighted by molar-refractivity contribution is -0.184. The van der Waals surface area contributed by atoms with Gasteiger partial charge in [0.15, 0.2) is 0 Å². The number of rotatable bonds is 5. The van der Waals surface area contributed by atoms with Crippen molar-refractivity contribution in [2.24, 2.45) is 11.5 Å². The quantitative estimate of drug-likeness (QED) is 0.192. The highest BCUT2D eigenvalue weighted by Gasteiger charge is 2.29. The molecule has 0 spiro atoms. The van der Waals surface area contributed by atoms with Crippen LogP contribution >= 0.6 is 0 Å². The van der Waals surface area contributed by atoms with E-state index in [-0.39, 0.29) is 25.1 Å². The van der Waals surface area contributed by atoms with Crippen LogP contribution in [0.2, 0.25) is 0 Å². The van der Waals surface area contributed by atoms with Crippen LogP contribution in [-0.2, 0) is 4.79 Å². The second-order valence-electron chi connectivity index (χ2n) is 2.56. The molecular weight excluding hydrogens is 162 g/mol. The molecule has 0 aromatic rings. The van der Waals surface area contributed by atoms with Gasteiger partial charge in [0.05, 0.1) is 5.84 Å². The van der Waals surface area contributed by atoms with Gasteiger partial charge < -0.3 is 21.7 Å². The summed E-state index contributed by atoms with van der Waals surface area (Å²) in [4.78, 5) is 10.3. The lowest BCUT2D eigenvalue weighted by Gasteiger charge is -2.16. The number of carbonyl (C=O) groups is 1. The highest BCUT2D eigenvalue weighted by Crippen LogP contribution is 2.09. The maximum absolute atomic E-state index is 10.3. The molecule has 70 valence electrons. The second-order valence-corrected chi connectivity index (χ2v) is 2.56. The van der Waals surface area contributed by atoms with Crippen LogP contribution in [0, 0.1) is 5.41 Å². The Morgan fingerprint density at radius 2 is 1.92 bits per heavy atom. The van der Waals surface area contributed by atoms with Crippen molar-refractivity contribution in [1.29, 1.82) is 5.41 Å².